The first-order valence-electron chi connectivity index (χ1n) is 12.3. The highest BCUT2D eigenvalue weighted by molar-refractivity contribution is 5.80. The van der Waals surface area contributed by atoms with Crippen LogP contribution in [0.15, 0.2) is 48.5 Å². The van der Waals surface area contributed by atoms with Crippen molar-refractivity contribution in [2.45, 2.75) is 44.1 Å². The molecule has 2 aromatic carbocycles. The van der Waals surface area contributed by atoms with Gasteiger partial charge < -0.3 is 15.2 Å². The number of hydrogen-bond acceptors (Lipinski definition) is 5. The minimum atomic E-state index is -1.06. The lowest BCUT2D eigenvalue weighted by Gasteiger charge is -2.21. The molecule has 8 nitrogen and oxygen atoms in total. The van der Waals surface area contributed by atoms with E-state index in [1.54, 1.807) is 0 Å². The zero-order valence-electron chi connectivity index (χ0n) is 19.4. The van der Waals surface area contributed by atoms with Gasteiger partial charge in [0, 0.05) is 18.4 Å². The molecule has 2 fully saturated rings. The number of amides is 2. The van der Waals surface area contributed by atoms with E-state index in [-0.39, 0.29) is 36.2 Å². The molecule has 3 N–H and O–H groups in total. The van der Waals surface area contributed by atoms with Crippen LogP contribution in [0.1, 0.15) is 49.1 Å². The van der Waals surface area contributed by atoms with E-state index >= 15 is 0 Å². The Morgan fingerprint density at radius 2 is 1.60 bits per heavy atom. The number of carboxylic acids is 1. The summed E-state index contributed by atoms with van der Waals surface area (Å²) in [6.07, 6.45) is 2.41. The average Bonchev–Trinajstić information content (AvgIpc) is 3.49. The number of carboxylic acid groups (broad SMARTS) is 1. The summed E-state index contributed by atoms with van der Waals surface area (Å²) >= 11 is 0. The van der Waals surface area contributed by atoms with Crippen LogP contribution in [0.5, 0.6) is 0 Å². The minimum absolute atomic E-state index is 0.0102. The second-order valence-corrected chi connectivity index (χ2v) is 9.68. The molecule has 184 valence electrons. The number of fused-ring (bicyclic) bond motifs is 3. The number of hydrogen-bond donors (Lipinski definition) is 3. The zero-order chi connectivity index (χ0) is 24.4. The molecule has 3 aliphatic rings. The van der Waals surface area contributed by atoms with Crippen LogP contribution >= 0.6 is 0 Å². The van der Waals surface area contributed by atoms with E-state index < -0.39 is 18.2 Å². The molecule has 2 aromatic rings. The van der Waals surface area contributed by atoms with Gasteiger partial charge in [-0.25, -0.2) is 15.1 Å². The second kappa shape index (κ2) is 10.1. The average molecular weight is 479 g/mol. The summed E-state index contributed by atoms with van der Waals surface area (Å²) in [6, 6.07) is 16.3. The molecule has 0 aromatic heterocycles. The minimum Gasteiger partial charge on any atom is -0.479 e. The highest BCUT2D eigenvalue weighted by Crippen LogP contribution is 2.44. The molecule has 0 spiro atoms. The first kappa shape index (κ1) is 23.4. The van der Waals surface area contributed by atoms with Crippen molar-refractivity contribution in [2.75, 3.05) is 13.2 Å². The largest absolute Gasteiger partial charge is 0.479 e. The smallest absolute Gasteiger partial charge is 0.407 e. The van der Waals surface area contributed by atoms with Crippen LogP contribution < -0.4 is 10.8 Å². The number of hydroxylamine groups is 1. The molecule has 8 heteroatoms. The van der Waals surface area contributed by atoms with Gasteiger partial charge in [-0.1, -0.05) is 55.0 Å². The number of alkyl carbamates (subject to hydrolysis) is 1. The van der Waals surface area contributed by atoms with Crippen LogP contribution in [0.3, 0.4) is 0 Å². The van der Waals surface area contributed by atoms with E-state index in [1.807, 2.05) is 24.3 Å². The molecule has 0 bridgehead atoms. The number of rotatable bonds is 9. The van der Waals surface area contributed by atoms with E-state index in [9.17, 15) is 19.5 Å². The van der Waals surface area contributed by atoms with E-state index in [1.165, 1.54) is 11.1 Å². The van der Waals surface area contributed by atoms with Gasteiger partial charge in [-0.05, 0) is 59.8 Å². The molecule has 3 atom stereocenters. The van der Waals surface area contributed by atoms with E-state index in [2.05, 4.69) is 35.1 Å². The summed E-state index contributed by atoms with van der Waals surface area (Å²) in [7, 11) is 0. The van der Waals surface area contributed by atoms with E-state index in [0.717, 1.165) is 36.8 Å². The van der Waals surface area contributed by atoms with Crippen LogP contribution in [-0.2, 0) is 19.2 Å². The monoisotopic (exact) mass is 478 g/mol. The molecule has 0 saturated heterocycles. The molecular weight excluding hydrogens is 448 g/mol. The van der Waals surface area contributed by atoms with Crippen LogP contribution in [0, 0.1) is 17.8 Å². The van der Waals surface area contributed by atoms with Crippen molar-refractivity contribution in [3.8, 4) is 11.1 Å². The van der Waals surface area contributed by atoms with Gasteiger partial charge in [-0.3, -0.25) is 9.63 Å². The van der Waals surface area contributed by atoms with Gasteiger partial charge in [-0.15, -0.1) is 0 Å². The molecule has 0 radical (unpaired) electrons. The quantitative estimate of drug-likeness (QED) is 0.472. The lowest BCUT2D eigenvalue weighted by Crippen LogP contribution is -2.41. The number of aliphatic carboxylic acids is 1. The van der Waals surface area contributed by atoms with Gasteiger partial charge in [-0.2, -0.15) is 0 Å². The first-order valence-corrected chi connectivity index (χ1v) is 12.3. The normalized spacial score (nSPS) is 21.6. The molecule has 0 aliphatic heterocycles. The molecule has 0 heterocycles. The Bertz CT molecular complexity index is 1070. The Kier molecular flexibility index (Phi) is 6.72. The Balaban J connectivity index is 1.11. The fourth-order valence-corrected chi connectivity index (χ4v) is 5.43. The lowest BCUT2D eigenvalue weighted by molar-refractivity contribution is -0.164. The maximum Gasteiger partial charge on any atom is 0.407 e. The van der Waals surface area contributed by atoms with Crippen LogP contribution in [0.25, 0.3) is 11.1 Å². The first-order chi connectivity index (χ1) is 17.0. The summed E-state index contributed by atoms with van der Waals surface area (Å²) in [5.41, 5.74) is 7.01. The number of nitrogens with one attached hydrogen (secondary N) is 2. The Hall–Kier alpha value is -3.39. The second-order valence-electron chi connectivity index (χ2n) is 9.68. The van der Waals surface area contributed by atoms with Crippen molar-refractivity contribution in [2.24, 2.45) is 17.8 Å². The third-order valence-electron chi connectivity index (χ3n) is 7.43. The molecule has 2 saturated carbocycles. The Morgan fingerprint density at radius 1 is 0.943 bits per heavy atom. The van der Waals surface area contributed by atoms with Crippen molar-refractivity contribution in [3.63, 3.8) is 0 Å². The SMILES string of the molecule is O=C(NCC1CCCC1C(=O)NOC(C(=O)O)C1CC1)OCC1c2ccccc2-c2ccccc21. The summed E-state index contributed by atoms with van der Waals surface area (Å²) in [5.74, 6) is -1.83. The predicted molar refractivity (Wildman–Crippen MR) is 127 cm³/mol. The van der Waals surface area contributed by atoms with Gasteiger partial charge in [0.1, 0.15) is 6.61 Å². The van der Waals surface area contributed by atoms with Crippen LogP contribution in [0.2, 0.25) is 0 Å². The number of benzene rings is 2. The summed E-state index contributed by atoms with van der Waals surface area (Å²) in [5, 5.41) is 12.1. The summed E-state index contributed by atoms with van der Waals surface area (Å²) in [4.78, 5) is 41.7. The fourth-order valence-electron chi connectivity index (χ4n) is 5.43. The highest BCUT2D eigenvalue weighted by Gasteiger charge is 2.39. The van der Waals surface area contributed by atoms with E-state index in [4.69, 9.17) is 9.57 Å². The third-order valence-corrected chi connectivity index (χ3v) is 7.43. The molecule has 3 unspecified atom stereocenters. The Labute approximate surface area is 204 Å². The fraction of sp³-hybridized carbons (Fsp3) is 0.444. The van der Waals surface area contributed by atoms with E-state index in [0.29, 0.717) is 13.0 Å². The van der Waals surface area contributed by atoms with Gasteiger partial charge in [0.15, 0.2) is 6.10 Å². The molecule has 35 heavy (non-hydrogen) atoms. The van der Waals surface area contributed by atoms with Crippen molar-refractivity contribution in [1.29, 1.82) is 0 Å². The Morgan fingerprint density at radius 3 is 2.23 bits per heavy atom. The molecular formula is C27H30N2O6. The number of carbonyl (C=O) groups is 3. The van der Waals surface area contributed by atoms with Crippen molar-refractivity contribution >= 4 is 18.0 Å². The third kappa shape index (κ3) is 5.03. The topological polar surface area (TPSA) is 114 Å². The summed E-state index contributed by atoms with van der Waals surface area (Å²) < 4.78 is 5.59. The summed E-state index contributed by atoms with van der Waals surface area (Å²) in [6.45, 7) is 0.555. The van der Waals surface area contributed by atoms with Crippen molar-refractivity contribution < 1.29 is 29.1 Å². The predicted octanol–water partition coefficient (Wildman–Crippen LogP) is 3.85. The zero-order valence-corrected chi connectivity index (χ0v) is 19.4. The molecule has 3 aliphatic carbocycles. The maximum absolute atomic E-state index is 12.6. The number of carbonyl (C=O) groups excluding carboxylic acids is 2. The van der Waals surface area contributed by atoms with Crippen molar-refractivity contribution in [3.05, 3.63) is 59.7 Å². The number of ether oxygens (including phenoxy) is 1. The molecule has 5 rings (SSSR count). The van der Waals surface area contributed by atoms with Crippen LogP contribution in [0.4, 0.5) is 4.79 Å². The maximum atomic E-state index is 12.6. The highest BCUT2D eigenvalue weighted by atomic mass is 16.7. The standard InChI is InChI=1S/C27H30N2O6/c30-25(29-35-24(26(31)32)16-12-13-16)18-11-5-6-17(18)14-28-27(33)34-15-23-21-9-3-1-7-19(21)20-8-2-4-10-22(20)23/h1-4,7-10,16-18,23-24H,5-6,11-15H2,(H,28,33)(H,29,30)(H,31,32). The van der Waals surface area contributed by atoms with Gasteiger partial charge in [0.2, 0.25) is 5.91 Å². The van der Waals surface area contributed by atoms with Crippen molar-refractivity contribution in [1.82, 2.24) is 10.8 Å². The lowest BCUT2D eigenvalue weighted by atomic mass is 9.95. The molecule has 2 amide bonds. The van der Waals surface area contributed by atoms with Gasteiger partial charge in [0.05, 0.1) is 0 Å². The van der Waals surface area contributed by atoms with Gasteiger partial charge >= 0.3 is 12.1 Å². The van der Waals surface area contributed by atoms with Crippen LogP contribution in [-0.4, -0.2) is 42.3 Å². The van der Waals surface area contributed by atoms with Gasteiger partial charge in [0.25, 0.3) is 0 Å².